The Bertz CT molecular complexity index is 592. The molecule has 0 amide bonds. The zero-order valence-electron chi connectivity index (χ0n) is 12.8. The monoisotopic (exact) mass is 287 g/mol. The van der Waals surface area contributed by atoms with Crippen molar-refractivity contribution in [2.24, 2.45) is 5.92 Å². The number of hydrogen-bond acceptors (Lipinski definition) is 4. The largest absolute Gasteiger partial charge is 0.480 e. The summed E-state index contributed by atoms with van der Waals surface area (Å²) in [6.45, 7) is 6.46. The van der Waals surface area contributed by atoms with Crippen molar-refractivity contribution in [2.45, 2.75) is 46.1 Å². The number of piperidine rings is 1. The fraction of sp³-hybridized carbons (Fsp3) is 0.562. The second-order valence-electron chi connectivity index (χ2n) is 5.74. The Kier molecular flexibility index (Phi) is 4.46. The Labute approximate surface area is 125 Å². The first kappa shape index (κ1) is 15.3. The maximum Gasteiger partial charge on any atom is 0.326 e. The number of anilines is 1. The molecule has 0 aliphatic carbocycles. The van der Waals surface area contributed by atoms with E-state index < -0.39 is 12.0 Å². The lowest BCUT2D eigenvalue weighted by atomic mass is 9.88. The van der Waals surface area contributed by atoms with Gasteiger partial charge in [-0.25, -0.2) is 9.78 Å². The molecule has 5 heteroatoms. The van der Waals surface area contributed by atoms with E-state index in [1.165, 1.54) is 0 Å². The van der Waals surface area contributed by atoms with Crippen LogP contribution in [0.3, 0.4) is 0 Å². The first-order chi connectivity index (χ1) is 9.97. The van der Waals surface area contributed by atoms with E-state index in [4.69, 9.17) is 0 Å². The van der Waals surface area contributed by atoms with Gasteiger partial charge in [-0.1, -0.05) is 13.3 Å². The van der Waals surface area contributed by atoms with Crippen LogP contribution in [0.4, 0.5) is 5.82 Å². The number of carboxylic acids is 1. The SMILES string of the molecule is CCC1CCN(c2nc(C)cc(C)c2C#N)C(C(=O)O)C1. The average Bonchev–Trinajstić information content (AvgIpc) is 2.45. The van der Waals surface area contributed by atoms with E-state index in [1.54, 1.807) is 4.90 Å². The molecule has 1 saturated heterocycles. The number of rotatable bonds is 3. The molecule has 1 fully saturated rings. The molecule has 21 heavy (non-hydrogen) atoms. The number of hydrogen-bond donors (Lipinski definition) is 1. The third kappa shape index (κ3) is 2.99. The molecule has 0 spiro atoms. The second-order valence-corrected chi connectivity index (χ2v) is 5.74. The summed E-state index contributed by atoms with van der Waals surface area (Å²) in [6, 6.07) is 3.44. The molecule has 0 aromatic carbocycles. The number of aromatic nitrogens is 1. The third-order valence-electron chi connectivity index (χ3n) is 4.28. The predicted octanol–water partition coefficient (Wildman–Crippen LogP) is 2.65. The third-order valence-corrected chi connectivity index (χ3v) is 4.28. The number of carbonyl (C=O) groups is 1. The highest BCUT2D eigenvalue weighted by Crippen LogP contribution is 2.32. The molecule has 1 N–H and O–H groups in total. The van der Waals surface area contributed by atoms with Crippen molar-refractivity contribution in [3.63, 3.8) is 0 Å². The fourth-order valence-electron chi connectivity index (χ4n) is 3.06. The summed E-state index contributed by atoms with van der Waals surface area (Å²) in [5.41, 5.74) is 2.15. The Hall–Kier alpha value is -2.09. The Balaban J connectivity index is 2.45. The summed E-state index contributed by atoms with van der Waals surface area (Å²) in [4.78, 5) is 17.9. The van der Waals surface area contributed by atoms with E-state index in [9.17, 15) is 15.2 Å². The molecule has 2 unspecified atom stereocenters. The predicted molar refractivity (Wildman–Crippen MR) is 80.2 cm³/mol. The van der Waals surface area contributed by atoms with Crippen LogP contribution >= 0.6 is 0 Å². The minimum atomic E-state index is -0.835. The molecule has 2 atom stereocenters. The van der Waals surface area contributed by atoms with Crippen LogP contribution in [0.1, 0.15) is 43.0 Å². The summed E-state index contributed by atoms with van der Waals surface area (Å²) in [6.07, 6.45) is 2.55. The van der Waals surface area contributed by atoms with Crippen LogP contribution in [0.15, 0.2) is 6.07 Å². The smallest absolute Gasteiger partial charge is 0.326 e. The van der Waals surface area contributed by atoms with Crippen LogP contribution in [0.2, 0.25) is 0 Å². The van der Waals surface area contributed by atoms with Gasteiger partial charge in [-0.05, 0) is 44.2 Å². The Morgan fingerprint density at radius 1 is 1.57 bits per heavy atom. The van der Waals surface area contributed by atoms with Gasteiger partial charge in [-0.2, -0.15) is 5.26 Å². The Morgan fingerprint density at radius 3 is 2.86 bits per heavy atom. The normalized spacial score (nSPS) is 21.9. The van der Waals surface area contributed by atoms with Crippen LogP contribution in [0.25, 0.3) is 0 Å². The van der Waals surface area contributed by atoms with Gasteiger partial charge in [0.05, 0.1) is 5.56 Å². The molecular weight excluding hydrogens is 266 g/mol. The lowest BCUT2D eigenvalue weighted by Crippen LogP contribution is -2.48. The van der Waals surface area contributed by atoms with Gasteiger partial charge < -0.3 is 10.0 Å². The second kappa shape index (κ2) is 6.13. The summed E-state index contributed by atoms with van der Waals surface area (Å²) in [5.74, 6) is 0.119. The van der Waals surface area contributed by atoms with Crippen LogP contribution in [-0.4, -0.2) is 28.6 Å². The summed E-state index contributed by atoms with van der Waals surface area (Å²) >= 11 is 0. The summed E-state index contributed by atoms with van der Waals surface area (Å²) in [7, 11) is 0. The van der Waals surface area contributed by atoms with Gasteiger partial charge in [-0.3, -0.25) is 0 Å². The van der Waals surface area contributed by atoms with E-state index in [2.05, 4.69) is 18.0 Å². The Morgan fingerprint density at radius 2 is 2.29 bits per heavy atom. The maximum absolute atomic E-state index is 11.6. The van der Waals surface area contributed by atoms with Gasteiger partial charge in [0.25, 0.3) is 0 Å². The molecule has 2 rings (SSSR count). The highest BCUT2D eigenvalue weighted by molar-refractivity contribution is 5.79. The summed E-state index contributed by atoms with van der Waals surface area (Å²) < 4.78 is 0. The molecule has 1 aromatic rings. The number of carboxylic acid groups (broad SMARTS) is 1. The van der Waals surface area contributed by atoms with E-state index in [0.29, 0.717) is 30.3 Å². The standard InChI is InChI=1S/C16H21N3O2/c1-4-12-5-6-19(14(8-12)16(20)21)15-13(9-17)10(2)7-11(3)18-15/h7,12,14H,4-6,8H2,1-3H3,(H,20,21). The highest BCUT2D eigenvalue weighted by Gasteiger charge is 2.35. The number of nitrogens with zero attached hydrogens (tertiary/aromatic N) is 3. The van der Waals surface area contributed by atoms with Gasteiger partial charge in [-0.15, -0.1) is 0 Å². The van der Waals surface area contributed by atoms with E-state index in [-0.39, 0.29) is 0 Å². The van der Waals surface area contributed by atoms with E-state index in [1.807, 2.05) is 19.9 Å². The molecule has 0 saturated carbocycles. The van der Waals surface area contributed by atoms with Gasteiger partial charge in [0.15, 0.2) is 0 Å². The van der Waals surface area contributed by atoms with Gasteiger partial charge in [0, 0.05) is 12.2 Å². The summed E-state index contributed by atoms with van der Waals surface area (Å²) in [5, 5.41) is 18.9. The molecule has 1 aliphatic rings. The van der Waals surface area contributed by atoms with E-state index >= 15 is 0 Å². The number of nitriles is 1. The molecule has 2 heterocycles. The minimum absolute atomic E-state index is 0.429. The van der Waals surface area contributed by atoms with Crippen LogP contribution in [0, 0.1) is 31.1 Å². The topological polar surface area (TPSA) is 77.2 Å². The molecular formula is C16H21N3O2. The van der Waals surface area contributed by atoms with Crippen molar-refractivity contribution in [2.75, 3.05) is 11.4 Å². The van der Waals surface area contributed by atoms with Crippen molar-refractivity contribution in [3.05, 3.63) is 22.9 Å². The van der Waals surface area contributed by atoms with Crippen LogP contribution in [0.5, 0.6) is 0 Å². The maximum atomic E-state index is 11.6. The van der Waals surface area contributed by atoms with Crippen LogP contribution < -0.4 is 4.90 Å². The van der Waals surface area contributed by atoms with Crippen molar-refractivity contribution in [1.82, 2.24) is 4.98 Å². The molecule has 1 aromatic heterocycles. The van der Waals surface area contributed by atoms with Crippen molar-refractivity contribution < 1.29 is 9.90 Å². The number of aryl methyl sites for hydroxylation is 2. The van der Waals surface area contributed by atoms with Gasteiger partial charge >= 0.3 is 5.97 Å². The fourth-order valence-corrected chi connectivity index (χ4v) is 3.06. The first-order valence-electron chi connectivity index (χ1n) is 7.35. The lowest BCUT2D eigenvalue weighted by molar-refractivity contribution is -0.139. The van der Waals surface area contributed by atoms with Crippen molar-refractivity contribution in [1.29, 1.82) is 5.26 Å². The number of aliphatic carboxylic acids is 1. The quantitative estimate of drug-likeness (QED) is 0.924. The zero-order chi connectivity index (χ0) is 15.6. The molecule has 1 aliphatic heterocycles. The number of pyridine rings is 1. The zero-order valence-corrected chi connectivity index (χ0v) is 12.8. The van der Waals surface area contributed by atoms with E-state index in [0.717, 1.165) is 24.1 Å². The van der Waals surface area contributed by atoms with Gasteiger partial charge in [0.2, 0.25) is 0 Å². The molecule has 112 valence electrons. The van der Waals surface area contributed by atoms with Gasteiger partial charge in [0.1, 0.15) is 17.9 Å². The van der Waals surface area contributed by atoms with Crippen molar-refractivity contribution in [3.8, 4) is 6.07 Å². The lowest BCUT2D eigenvalue weighted by Gasteiger charge is -2.38. The molecule has 5 nitrogen and oxygen atoms in total. The molecule has 0 bridgehead atoms. The van der Waals surface area contributed by atoms with Crippen molar-refractivity contribution >= 4 is 11.8 Å². The highest BCUT2D eigenvalue weighted by atomic mass is 16.4. The average molecular weight is 287 g/mol. The van der Waals surface area contributed by atoms with Crippen LogP contribution in [-0.2, 0) is 4.79 Å². The first-order valence-corrected chi connectivity index (χ1v) is 7.35. The molecule has 0 radical (unpaired) electrons. The minimum Gasteiger partial charge on any atom is -0.480 e.